The number of rotatable bonds is 4. The van der Waals surface area contributed by atoms with Crippen molar-refractivity contribution in [2.24, 2.45) is 0 Å². The van der Waals surface area contributed by atoms with Crippen molar-refractivity contribution in [3.63, 3.8) is 0 Å². The van der Waals surface area contributed by atoms with Gasteiger partial charge in [0, 0.05) is 6.54 Å². The molecule has 0 spiro atoms. The minimum Gasteiger partial charge on any atom is -0.459 e. The molecule has 1 atom stereocenters. The Kier molecular flexibility index (Phi) is 4.98. The van der Waals surface area contributed by atoms with Gasteiger partial charge in [-0.25, -0.2) is 22.8 Å². The molecule has 3 rings (SSSR count). The number of aromatic nitrogens is 2. The highest BCUT2D eigenvalue weighted by Crippen LogP contribution is 2.23. The Hall–Kier alpha value is -1.77. The Morgan fingerprint density at radius 2 is 2.04 bits per heavy atom. The molecule has 6 nitrogen and oxygen atoms in total. The number of nitrogens with zero attached hydrogens (tertiary/aromatic N) is 3. The lowest BCUT2D eigenvalue weighted by atomic mass is 10.1. The Morgan fingerprint density at radius 1 is 1.29 bits per heavy atom. The second kappa shape index (κ2) is 7.00. The van der Waals surface area contributed by atoms with Crippen LogP contribution in [0.5, 0.6) is 6.01 Å². The predicted octanol–water partition coefficient (Wildman–Crippen LogP) is 2.50. The van der Waals surface area contributed by atoms with Gasteiger partial charge in [0.2, 0.25) is 10.0 Å². The first-order chi connectivity index (χ1) is 11.4. The van der Waals surface area contributed by atoms with E-state index in [9.17, 15) is 12.8 Å². The zero-order valence-electron chi connectivity index (χ0n) is 12.6. The first-order valence-corrected chi connectivity index (χ1v) is 9.17. The summed E-state index contributed by atoms with van der Waals surface area (Å²) >= 11 is 5.72. The summed E-state index contributed by atoms with van der Waals surface area (Å²) in [6, 6.07) is 5.13. The van der Waals surface area contributed by atoms with Gasteiger partial charge in [0.25, 0.3) is 0 Å². The van der Waals surface area contributed by atoms with Crippen LogP contribution in [-0.2, 0) is 10.0 Å². The average molecular weight is 372 g/mol. The van der Waals surface area contributed by atoms with Gasteiger partial charge in [-0.15, -0.1) is 0 Å². The van der Waals surface area contributed by atoms with E-state index in [1.54, 1.807) is 0 Å². The Labute approximate surface area is 144 Å². The van der Waals surface area contributed by atoms with E-state index in [0.717, 1.165) is 6.07 Å². The van der Waals surface area contributed by atoms with Crippen LogP contribution in [0, 0.1) is 5.82 Å². The van der Waals surface area contributed by atoms with E-state index in [-0.39, 0.29) is 23.6 Å². The summed E-state index contributed by atoms with van der Waals surface area (Å²) < 4.78 is 45.5. The summed E-state index contributed by atoms with van der Waals surface area (Å²) in [7, 11) is -3.77. The third-order valence-corrected chi connectivity index (χ3v) is 5.70. The van der Waals surface area contributed by atoms with Gasteiger partial charge in [0.1, 0.15) is 11.9 Å². The normalized spacial score (nSPS) is 19.2. The van der Waals surface area contributed by atoms with Crippen LogP contribution in [0.4, 0.5) is 4.39 Å². The molecular weight excluding hydrogens is 357 g/mol. The zero-order chi connectivity index (χ0) is 17.2. The SMILES string of the molecule is O=S(=O)(c1cccc(F)c1)N1CCCC(Oc2ncc(Cl)cn2)C1. The maximum atomic E-state index is 13.3. The smallest absolute Gasteiger partial charge is 0.316 e. The highest BCUT2D eigenvalue weighted by atomic mass is 35.5. The summed E-state index contributed by atoms with van der Waals surface area (Å²) in [6.45, 7) is 0.519. The lowest BCUT2D eigenvalue weighted by molar-refractivity contribution is 0.119. The van der Waals surface area contributed by atoms with Crippen molar-refractivity contribution in [3.8, 4) is 6.01 Å². The number of halogens is 2. The molecule has 1 aliphatic heterocycles. The predicted molar refractivity (Wildman–Crippen MR) is 85.9 cm³/mol. The van der Waals surface area contributed by atoms with E-state index in [1.165, 1.54) is 34.9 Å². The summed E-state index contributed by atoms with van der Waals surface area (Å²) in [4.78, 5) is 7.83. The first-order valence-electron chi connectivity index (χ1n) is 7.35. The zero-order valence-corrected chi connectivity index (χ0v) is 14.2. The van der Waals surface area contributed by atoms with E-state index in [2.05, 4.69) is 9.97 Å². The van der Waals surface area contributed by atoms with Crippen LogP contribution in [0.2, 0.25) is 5.02 Å². The molecule has 2 aromatic rings. The minimum absolute atomic E-state index is 0.0640. The van der Waals surface area contributed by atoms with Gasteiger partial charge < -0.3 is 4.74 Å². The standard InChI is InChI=1S/C15H15ClFN3O3S/c16-11-8-18-15(19-9-11)23-13-4-2-6-20(10-13)24(21,22)14-5-1-3-12(17)7-14/h1,3,5,7-9,13H,2,4,6,10H2. The molecule has 1 saturated heterocycles. The maximum absolute atomic E-state index is 13.3. The number of piperidine rings is 1. The fourth-order valence-corrected chi connectivity index (χ4v) is 4.15. The van der Waals surface area contributed by atoms with Gasteiger partial charge in [-0.2, -0.15) is 4.31 Å². The third-order valence-electron chi connectivity index (χ3n) is 3.64. The fourth-order valence-electron chi connectivity index (χ4n) is 2.51. The summed E-state index contributed by atoms with van der Waals surface area (Å²) in [5.41, 5.74) is 0. The number of hydrogen-bond acceptors (Lipinski definition) is 5. The van der Waals surface area contributed by atoms with Crippen molar-refractivity contribution in [2.45, 2.75) is 23.8 Å². The van der Waals surface area contributed by atoms with Crippen molar-refractivity contribution < 1.29 is 17.5 Å². The summed E-state index contributed by atoms with van der Waals surface area (Å²) in [5.74, 6) is -0.588. The molecule has 0 aliphatic carbocycles. The second-order valence-corrected chi connectivity index (χ2v) is 7.76. The summed E-state index contributed by atoms with van der Waals surface area (Å²) in [6.07, 6.45) is 3.76. The van der Waals surface area contributed by atoms with Crippen LogP contribution < -0.4 is 4.74 Å². The highest BCUT2D eigenvalue weighted by Gasteiger charge is 2.31. The number of benzene rings is 1. The average Bonchev–Trinajstić information content (AvgIpc) is 2.57. The molecule has 24 heavy (non-hydrogen) atoms. The van der Waals surface area contributed by atoms with Crippen molar-refractivity contribution >= 4 is 21.6 Å². The molecule has 9 heteroatoms. The molecule has 0 amide bonds. The quantitative estimate of drug-likeness (QED) is 0.825. The van der Waals surface area contributed by atoms with Gasteiger partial charge in [0.15, 0.2) is 0 Å². The van der Waals surface area contributed by atoms with Crippen molar-refractivity contribution in [3.05, 3.63) is 47.5 Å². The molecule has 1 aliphatic rings. The van der Waals surface area contributed by atoms with Gasteiger partial charge in [-0.3, -0.25) is 0 Å². The molecule has 0 saturated carbocycles. The second-order valence-electron chi connectivity index (χ2n) is 5.39. The van der Waals surface area contributed by atoms with Crippen LogP contribution in [0.1, 0.15) is 12.8 Å². The van der Waals surface area contributed by atoms with Gasteiger partial charge in [-0.1, -0.05) is 17.7 Å². The number of hydrogen-bond donors (Lipinski definition) is 0. The molecule has 0 radical (unpaired) electrons. The van der Waals surface area contributed by atoms with Gasteiger partial charge in [-0.05, 0) is 31.0 Å². The van der Waals surface area contributed by atoms with Gasteiger partial charge >= 0.3 is 6.01 Å². The third kappa shape index (κ3) is 3.82. The molecular formula is C15H15ClFN3O3S. The molecule has 0 N–H and O–H groups in total. The Morgan fingerprint density at radius 3 is 2.75 bits per heavy atom. The minimum atomic E-state index is -3.77. The molecule has 128 valence electrons. The lowest BCUT2D eigenvalue weighted by Crippen LogP contribution is -2.44. The largest absolute Gasteiger partial charge is 0.459 e. The number of sulfonamides is 1. The Bertz CT molecular complexity index is 817. The summed E-state index contributed by atoms with van der Waals surface area (Å²) in [5, 5.41) is 0.390. The van der Waals surface area contributed by atoms with Crippen LogP contribution in [0.25, 0.3) is 0 Å². The van der Waals surface area contributed by atoms with Crippen LogP contribution in [0.15, 0.2) is 41.6 Å². The van der Waals surface area contributed by atoms with E-state index in [1.807, 2.05) is 0 Å². The van der Waals surface area contributed by atoms with E-state index >= 15 is 0 Å². The molecule has 1 aromatic heterocycles. The molecule has 2 heterocycles. The van der Waals surface area contributed by atoms with Crippen LogP contribution in [0.3, 0.4) is 0 Å². The molecule has 1 unspecified atom stereocenters. The maximum Gasteiger partial charge on any atom is 0.316 e. The Balaban J connectivity index is 1.74. The number of ether oxygens (including phenoxy) is 1. The van der Waals surface area contributed by atoms with E-state index < -0.39 is 15.8 Å². The first kappa shape index (κ1) is 17.1. The van der Waals surface area contributed by atoms with Gasteiger partial charge in [0.05, 0.1) is 28.9 Å². The van der Waals surface area contributed by atoms with E-state index in [0.29, 0.717) is 24.4 Å². The molecule has 1 aromatic carbocycles. The highest BCUT2D eigenvalue weighted by molar-refractivity contribution is 7.89. The monoisotopic (exact) mass is 371 g/mol. The molecule has 1 fully saturated rings. The van der Waals surface area contributed by atoms with Crippen LogP contribution in [-0.4, -0.2) is 41.9 Å². The van der Waals surface area contributed by atoms with E-state index in [4.69, 9.17) is 16.3 Å². The topological polar surface area (TPSA) is 72.4 Å². The van der Waals surface area contributed by atoms with Crippen molar-refractivity contribution in [1.82, 2.24) is 14.3 Å². The fraction of sp³-hybridized carbons (Fsp3) is 0.333. The van der Waals surface area contributed by atoms with Crippen LogP contribution >= 0.6 is 11.6 Å². The van der Waals surface area contributed by atoms with Crippen molar-refractivity contribution in [2.75, 3.05) is 13.1 Å². The molecule has 0 bridgehead atoms. The lowest BCUT2D eigenvalue weighted by Gasteiger charge is -2.31. The van der Waals surface area contributed by atoms with Crippen molar-refractivity contribution in [1.29, 1.82) is 0 Å².